The second-order valence-corrected chi connectivity index (χ2v) is 5.37. The first-order valence-electron chi connectivity index (χ1n) is 5.65. The van der Waals surface area contributed by atoms with Gasteiger partial charge in [0.2, 0.25) is 0 Å². The lowest BCUT2D eigenvalue weighted by Crippen LogP contribution is -2.43. The minimum Gasteiger partial charge on any atom is -0.483 e. The summed E-state index contributed by atoms with van der Waals surface area (Å²) in [5.74, 6) is 0.209. The molecular formula is C13H18ClNO3. The molecular weight excluding hydrogens is 254 g/mol. The van der Waals surface area contributed by atoms with Gasteiger partial charge in [-0.15, -0.1) is 0 Å². The zero-order chi connectivity index (χ0) is 13.8. The molecule has 4 nitrogen and oxygen atoms in total. The standard InChI is InChI=1S/C13H18ClNO3/c1-13(2,3)15-12(17)8-18-11-6-4-5-10(14)9(11)7-16/h4-6,16H,7-8H2,1-3H3,(H,15,17). The van der Waals surface area contributed by atoms with Crippen LogP contribution in [0.2, 0.25) is 5.02 Å². The van der Waals surface area contributed by atoms with Gasteiger partial charge in [-0.2, -0.15) is 0 Å². The zero-order valence-corrected chi connectivity index (χ0v) is 11.5. The van der Waals surface area contributed by atoms with E-state index in [9.17, 15) is 9.90 Å². The Morgan fingerprint density at radius 1 is 1.44 bits per heavy atom. The lowest BCUT2D eigenvalue weighted by Gasteiger charge is -2.20. The molecule has 1 aromatic rings. The smallest absolute Gasteiger partial charge is 0.258 e. The largest absolute Gasteiger partial charge is 0.483 e. The number of carbonyl (C=O) groups excluding carboxylic acids is 1. The summed E-state index contributed by atoms with van der Waals surface area (Å²) in [5.41, 5.74) is 0.192. The molecule has 2 N–H and O–H groups in total. The van der Waals surface area contributed by atoms with Gasteiger partial charge < -0.3 is 15.2 Å². The minimum absolute atomic E-state index is 0.107. The lowest BCUT2D eigenvalue weighted by molar-refractivity contribution is -0.124. The molecule has 0 aliphatic heterocycles. The van der Waals surface area contributed by atoms with Gasteiger partial charge in [0.05, 0.1) is 6.61 Å². The maximum atomic E-state index is 11.6. The van der Waals surface area contributed by atoms with Gasteiger partial charge >= 0.3 is 0 Å². The minimum atomic E-state index is -0.297. The first-order valence-corrected chi connectivity index (χ1v) is 6.03. The number of aliphatic hydroxyl groups is 1. The molecule has 0 fully saturated rings. The van der Waals surface area contributed by atoms with E-state index < -0.39 is 0 Å². The highest BCUT2D eigenvalue weighted by molar-refractivity contribution is 6.31. The Kier molecular flexibility index (Phi) is 4.99. The van der Waals surface area contributed by atoms with E-state index in [0.717, 1.165) is 0 Å². The number of carbonyl (C=O) groups is 1. The molecule has 0 heterocycles. The van der Waals surface area contributed by atoms with Gasteiger partial charge in [0.15, 0.2) is 6.61 Å². The van der Waals surface area contributed by atoms with E-state index in [0.29, 0.717) is 16.3 Å². The number of benzene rings is 1. The summed E-state index contributed by atoms with van der Waals surface area (Å²) in [4.78, 5) is 11.6. The second kappa shape index (κ2) is 6.07. The van der Waals surface area contributed by atoms with Gasteiger partial charge in [0.1, 0.15) is 5.75 Å². The number of halogens is 1. The number of hydrogen-bond donors (Lipinski definition) is 2. The molecule has 0 unspecified atom stereocenters. The van der Waals surface area contributed by atoms with Crippen LogP contribution in [0.1, 0.15) is 26.3 Å². The summed E-state index contributed by atoms with van der Waals surface area (Å²) in [6.07, 6.45) is 0. The number of aliphatic hydroxyl groups excluding tert-OH is 1. The van der Waals surface area contributed by atoms with E-state index in [4.69, 9.17) is 16.3 Å². The van der Waals surface area contributed by atoms with Crippen LogP contribution in [-0.2, 0) is 11.4 Å². The van der Waals surface area contributed by atoms with Crippen molar-refractivity contribution in [2.75, 3.05) is 6.61 Å². The van der Waals surface area contributed by atoms with Crippen LogP contribution >= 0.6 is 11.6 Å². The third-order valence-corrected chi connectivity index (χ3v) is 2.46. The van der Waals surface area contributed by atoms with Crippen molar-refractivity contribution < 1.29 is 14.6 Å². The Bertz CT molecular complexity index is 427. The highest BCUT2D eigenvalue weighted by Gasteiger charge is 2.15. The van der Waals surface area contributed by atoms with Crippen molar-refractivity contribution in [2.24, 2.45) is 0 Å². The molecule has 1 aromatic carbocycles. The fourth-order valence-electron chi connectivity index (χ4n) is 1.43. The number of ether oxygens (including phenoxy) is 1. The Hall–Kier alpha value is -1.26. The molecule has 0 bridgehead atoms. The average molecular weight is 272 g/mol. The molecule has 0 radical (unpaired) electrons. The van der Waals surface area contributed by atoms with Crippen LogP contribution in [0, 0.1) is 0 Å². The van der Waals surface area contributed by atoms with Crippen molar-refractivity contribution in [2.45, 2.75) is 32.9 Å². The number of nitrogens with one attached hydrogen (secondary N) is 1. The first kappa shape index (κ1) is 14.8. The molecule has 0 aliphatic carbocycles. The number of rotatable bonds is 4. The quantitative estimate of drug-likeness (QED) is 0.882. The van der Waals surface area contributed by atoms with Crippen molar-refractivity contribution in [3.63, 3.8) is 0 Å². The average Bonchev–Trinajstić information content (AvgIpc) is 2.24. The Balaban J connectivity index is 2.64. The summed E-state index contributed by atoms with van der Waals surface area (Å²) in [7, 11) is 0. The van der Waals surface area contributed by atoms with E-state index in [1.54, 1.807) is 18.2 Å². The molecule has 0 saturated heterocycles. The molecule has 0 spiro atoms. The van der Waals surface area contributed by atoms with Crippen LogP contribution in [0.25, 0.3) is 0 Å². The summed E-state index contributed by atoms with van der Waals surface area (Å²) in [6, 6.07) is 5.04. The van der Waals surface area contributed by atoms with Crippen molar-refractivity contribution in [3.05, 3.63) is 28.8 Å². The van der Waals surface area contributed by atoms with Crippen molar-refractivity contribution >= 4 is 17.5 Å². The van der Waals surface area contributed by atoms with Crippen LogP contribution in [0.3, 0.4) is 0 Å². The van der Waals surface area contributed by atoms with E-state index in [2.05, 4.69) is 5.32 Å². The number of amides is 1. The SMILES string of the molecule is CC(C)(C)NC(=O)COc1cccc(Cl)c1CO. The highest BCUT2D eigenvalue weighted by atomic mass is 35.5. The van der Waals surface area contributed by atoms with E-state index in [-0.39, 0.29) is 24.7 Å². The highest BCUT2D eigenvalue weighted by Crippen LogP contribution is 2.26. The van der Waals surface area contributed by atoms with Gasteiger partial charge in [-0.05, 0) is 32.9 Å². The molecule has 100 valence electrons. The molecule has 0 atom stereocenters. The van der Waals surface area contributed by atoms with Crippen LogP contribution in [0.5, 0.6) is 5.75 Å². The van der Waals surface area contributed by atoms with E-state index >= 15 is 0 Å². The van der Waals surface area contributed by atoms with Crippen molar-refractivity contribution in [1.29, 1.82) is 0 Å². The Morgan fingerprint density at radius 2 is 2.11 bits per heavy atom. The monoisotopic (exact) mass is 271 g/mol. The first-order chi connectivity index (χ1) is 8.33. The zero-order valence-electron chi connectivity index (χ0n) is 10.8. The maximum Gasteiger partial charge on any atom is 0.258 e. The predicted molar refractivity (Wildman–Crippen MR) is 70.8 cm³/mol. The van der Waals surface area contributed by atoms with Gasteiger partial charge in [-0.25, -0.2) is 0 Å². The van der Waals surface area contributed by atoms with Crippen LogP contribution in [-0.4, -0.2) is 23.2 Å². The van der Waals surface area contributed by atoms with Gasteiger partial charge in [-0.3, -0.25) is 4.79 Å². The summed E-state index contributed by atoms with van der Waals surface area (Å²) in [5, 5.41) is 12.4. The van der Waals surface area contributed by atoms with Crippen LogP contribution in [0.15, 0.2) is 18.2 Å². The lowest BCUT2D eigenvalue weighted by atomic mass is 10.1. The molecule has 5 heteroatoms. The topological polar surface area (TPSA) is 58.6 Å². The fourth-order valence-corrected chi connectivity index (χ4v) is 1.65. The fraction of sp³-hybridized carbons (Fsp3) is 0.462. The van der Waals surface area contributed by atoms with Gasteiger partial charge in [-0.1, -0.05) is 17.7 Å². The van der Waals surface area contributed by atoms with Crippen LogP contribution < -0.4 is 10.1 Å². The Labute approximate surface area is 112 Å². The summed E-state index contributed by atoms with van der Waals surface area (Å²) >= 11 is 5.91. The molecule has 1 rings (SSSR count). The number of hydrogen-bond acceptors (Lipinski definition) is 3. The Morgan fingerprint density at radius 3 is 2.67 bits per heavy atom. The normalized spacial score (nSPS) is 11.2. The molecule has 1 amide bonds. The molecule has 0 aliphatic rings. The van der Waals surface area contributed by atoms with Gasteiger partial charge in [0, 0.05) is 16.1 Å². The predicted octanol–water partition coefficient (Wildman–Crippen LogP) is 2.13. The van der Waals surface area contributed by atoms with E-state index in [1.807, 2.05) is 20.8 Å². The third-order valence-electron chi connectivity index (χ3n) is 2.11. The molecule has 18 heavy (non-hydrogen) atoms. The summed E-state index contributed by atoms with van der Waals surface area (Å²) < 4.78 is 5.36. The summed E-state index contributed by atoms with van der Waals surface area (Å²) in [6.45, 7) is 5.34. The van der Waals surface area contributed by atoms with Crippen molar-refractivity contribution in [3.8, 4) is 5.75 Å². The van der Waals surface area contributed by atoms with Gasteiger partial charge in [0.25, 0.3) is 5.91 Å². The maximum absolute atomic E-state index is 11.6. The van der Waals surface area contributed by atoms with E-state index in [1.165, 1.54) is 0 Å². The van der Waals surface area contributed by atoms with Crippen LogP contribution in [0.4, 0.5) is 0 Å². The van der Waals surface area contributed by atoms with Crippen molar-refractivity contribution in [1.82, 2.24) is 5.32 Å². The molecule has 0 aromatic heterocycles. The third kappa shape index (κ3) is 4.55. The second-order valence-electron chi connectivity index (χ2n) is 4.96. The molecule has 0 saturated carbocycles.